The molecular formula is C12H18N2O2. The Kier molecular flexibility index (Phi) is 4.01. The highest BCUT2D eigenvalue weighted by molar-refractivity contribution is 5.95. The van der Waals surface area contributed by atoms with E-state index in [1.165, 1.54) is 11.1 Å². The van der Waals surface area contributed by atoms with E-state index in [0.29, 0.717) is 5.56 Å². The SMILES string of the molecule is Cc1ccncc1C(=O)N(C)[C@H](O)C(C)C. The van der Waals surface area contributed by atoms with Crippen LogP contribution in [0.3, 0.4) is 0 Å². The molecule has 0 saturated heterocycles. The fraction of sp³-hybridized carbons (Fsp3) is 0.500. The first kappa shape index (κ1) is 12.6. The van der Waals surface area contributed by atoms with Crippen molar-refractivity contribution in [3.05, 3.63) is 29.6 Å². The van der Waals surface area contributed by atoms with Crippen LogP contribution in [0, 0.1) is 12.8 Å². The lowest BCUT2D eigenvalue weighted by atomic mass is 10.1. The van der Waals surface area contributed by atoms with Crippen LogP contribution >= 0.6 is 0 Å². The third-order valence-corrected chi connectivity index (χ3v) is 2.58. The Bertz CT molecular complexity index is 377. The van der Waals surface area contributed by atoms with E-state index in [1.807, 2.05) is 20.8 Å². The Hall–Kier alpha value is -1.42. The van der Waals surface area contributed by atoms with Gasteiger partial charge in [-0.1, -0.05) is 13.8 Å². The van der Waals surface area contributed by atoms with Crippen molar-refractivity contribution in [2.75, 3.05) is 7.05 Å². The first-order valence-corrected chi connectivity index (χ1v) is 5.31. The Balaban J connectivity index is 2.91. The molecule has 0 saturated carbocycles. The summed E-state index contributed by atoms with van der Waals surface area (Å²) in [4.78, 5) is 17.3. The number of amides is 1. The number of aliphatic hydroxyl groups excluding tert-OH is 1. The fourth-order valence-electron chi connectivity index (χ4n) is 1.45. The van der Waals surface area contributed by atoms with Crippen molar-refractivity contribution in [1.29, 1.82) is 0 Å². The van der Waals surface area contributed by atoms with Gasteiger partial charge in [0, 0.05) is 19.4 Å². The van der Waals surface area contributed by atoms with E-state index >= 15 is 0 Å². The minimum atomic E-state index is -0.771. The van der Waals surface area contributed by atoms with Gasteiger partial charge in [0.1, 0.15) is 6.23 Å². The van der Waals surface area contributed by atoms with E-state index in [2.05, 4.69) is 4.98 Å². The molecule has 4 heteroatoms. The normalized spacial score (nSPS) is 12.6. The zero-order valence-electron chi connectivity index (χ0n) is 10.1. The molecule has 0 bridgehead atoms. The number of aryl methyl sites for hydroxylation is 1. The van der Waals surface area contributed by atoms with Crippen molar-refractivity contribution in [2.45, 2.75) is 27.0 Å². The minimum absolute atomic E-state index is 0.00549. The monoisotopic (exact) mass is 222 g/mol. The lowest BCUT2D eigenvalue weighted by Gasteiger charge is -2.26. The van der Waals surface area contributed by atoms with Crippen LogP contribution in [-0.4, -0.2) is 34.2 Å². The molecule has 0 spiro atoms. The largest absolute Gasteiger partial charge is 0.373 e. The highest BCUT2D eigenvalue weighted by atomic mass is 16.3. The summed E-state index contributed by atoms with van der Waals surface area (Å²) in [5, 5.41) is 9.80. The van der Waals surface area contributed by atoms with Gasteiger partial charge >= 0.3 is 0 Å². The van der Waals surface area contributed by atoms with Crippen molar-refractivity contribution in [3.63, 3.8) is 0 Å². The molecule has 0 radical (unpaired) electrons. The fourth-order valence-corrected chi connectivity index (χ4v) is 1.45. The first-order valence-electron chi connectivity index (χ1n) is 5.31. The van der Waals surface area contributed by atoms with Crippen LogP contribution in [0.4, 0.5) is 0 Å². The molecule has 0 aromatic carbocycles. The molecule has 0 fully saturated rings. The number of hydrogen-bond donors (Lipinski definition) is 1. The van der Waals surface area contributed by atoms with Crippen molar-refractivity contribution in [1.82, 2.24) is 9.88 Å². The Morgan fingerprint density at radius 3 is 2.62 bits per heavy atom. The van der Waals surface area contributed by atoms with Gasteiger partial charge in [-0.3, -0.25) is 9.78 Å². The molecule has 0 aliphatic rings. The van der Waals surface area contributed by atoms with Crippen molar-refractivity contribution in [3.8, 4) is 0 Å². The van der Waals surface area contributed by atoms with Crippen LogP contribution in [0.5, 0.6) is 0 Å². The summed E-state index contributed by atoms with van der Waals surface area (Å²) in [6, 6.07) is 1.78. The highest BCUT2D eigenvalue weighted by Gasteiger charge is 2.22. The van der Waals surface area contributed by atoms with Gasteiger partial charge in [-0.15, -0.1) is 0 Å². The van der Waals surface area contributed by atoms with E-state index in [-0.39, 0.29) is 11.8 Å². The van der Waals surface area contributed by atoms with E-state index in [1.54, 1.807) is 19.3 Å². The van der Waals surface area contributed by atoms with E-state index in [0.717, 1.165) is 5.56 Å². The quantitative estimate of drug-likeness (QED) is 0.787. The summed E-state index contributed by atoms with van der Waals surface area (Å²) in [6.07, 6.45) is 2.40. The lowest BCUT2D eigenvalue weighted by molar-refractivity contribution is -0.00533. The predicted molar refractivity (Wildman–Crippen MR) is 61.9 cm³/mol. The Morgan fingerprint density at radius 1 is 1.50 bits per heavy atom. The maximum absolute atomic E-state index is 12.0. The summed E-state index contributed by atoms with van der Waals surface area (Å²) >= 11 is 0. The first-order chi connectivity index (χ1) is 7.45. The molecular weight excluding hydrogens is 204 g/mol. The standard InChI is InChI=1S/C12H18N2O2/c1-8(2)11(15)14(4)12(16)10-7-13-6-5-9(10)3/h5-8,11,15H,1-4H3/t11-/m1/s1. The van der Waals surface area contributed by atoms with Gasteiger partial charge < -0.3 is 10.0 Å². The van der Waals surface area contributed by atoms with Crippen molar-refractivity contribution >= 4 is 5.91 Å². The highest BCUT2D eigenvalue weighted by Crippen LogP contribution is 2.12. The van der Waals surface area contributed by atoms with Crippen LogP contribution in [0.25, 0.3) is 0 Å². The van der Waals surface area contributed by atoms with Gasteiger partial charge in [0.25, 0.3) is 5.91 Å². The third kappa shape index (κ3) is 2.58. The van der Waals surface area contributed by atoms with Crippen LogP contribution in [-0.2, 0) is 0 Å². The molecule has 1 heterocycles. The summed E-state index contributed by atoms with van der Waals surface area (Å²) in [5.41, 5.74) is 1.40. The number of aromatic nitrogens is 1. The molecule has 0 unspecified atom stereocenters. The van der Waals surface area contributed by atoms with Gasteiger partial charge in [0.15, 0.2) is 0 Å². The number of nitrogens with zero attached hydrogens (tertiary/aromatic N) is 2. The zero-order valence-corrected chi connectivity index (χ0v) is 10.1. The molecule has 16 heavy (non-hydrogen) atoms. The average molecular weight is 222 g/mol. The molecule has 1 atom stereocenters. The molecule has 1 aromatic heterocycles. The lowest BCUT2D eigenvalue weighted by Crippen LogP contribution is -2.40. The minimum Gasteiger partial charge on any atom is -0.373 e. The molecule has 1 amide bonds. The van der Waals surface area contributed by atoms with Crippen LogP contribution in [0.15, 0.2) is 18.5 Å². The van der Waals surface area contributed by atoms with Crippen LogP contribution in [0.2, 0.25) is 0 Å². The van der Waals surface area contributed by atoms with Crippen molar-refractivity contribution in [2.24, 2.45) is 5.92 Å². The maximum atomic E-state index is 12.0. The number of rotatable bonds is 3. The number of carbonyl (C=O) groups excluding carboxylic acids is 1. The number of pyridine rings is 1. The molecule has 0 aliphatic carbocycles. The summed E-state index contributed by atoms with van der Waals surface area (Å²) < 4.78 is 0. The maximum Gasteiger partial charge on any atom is 0.257 e. The van der Waals surface area contributed by atoms with E-state index in [4.69, 9.17) is 0 Å². The van der Waals surface area contributed by atoms with Crippen molar-refractivity contribution < 1.29 is 9.90 Å². The summed E-state index contributed by atoms with van der Waals surface area (Å²) in [5.74, 6) is -0.197. The summed E-state index contributed by atoms with van der Waals surface area (Å²) in [6.45, 7) is 5.58. The predicted octanol–water partition coefficient (Wildman–Crippen LogP) is 1.44. The number of hydrogen-bond acceptors (Lipinski definition) is 3. The Morgan fingerprint density at radius 2 is 2.12 bits per heavy atom. The van der Waals surface area contributed by atoms with Gasteiger partial charge in [-0.05, 0) is 24.5 Å². The van der Waals surface area contributed by atoms with E-state index in [9.17, 15) is 9.90 Å². The summed E-state index contributed by atoms with van der Waals surface area (Å²) in [7, 11) is 1.60. The number of carbonyl (C=O) groups is 1. The smallest absolute Gasteiger partial charge is 0.257 e. The zero-order chi connectivity index (χ0) is 12.3. The second kappa shape index (κ2) is 5.07. The Labute approximate surface area is 95.9 Å². The number of aliphatic hydroxyl groups is 1. The van der Waals surface area contributed by atoms with Gasteiger partial charge in [0.2, 0.25) is 0 Å². The molecule has 88 valence electrons. The van der Waals surface area contributed by atoms with Gasteiger partial charge in [-0.25, -0.2) is 0 Å². The topological polar surface area (TPSA) is 53.4 Å². The van der Waals surface area contributed by atoms with Gasteiger partial charge in [0.05, 0.1) is 5.56 Å². The second-order valence-corrected chi connectivity index (χ2v) is 4.26. The third-order valence-electron chi connectivity index (χ3n) is 2.58. The molecule has 1 aromatic rings. The molecule has 0 aliphatic heterocycles. The molecule has 4 nitrogen and oxygen atoms in total. The van der Waals surface area contributed by atoms with Crippen LogP contribution < -0.4 is 0 Å². The van der Waals surface area contributed by atoms with Gasteiger partial charge in [-0.2, -0.15) is 0 Å². The average Bonchev–Trinajstić information content (AvgIpc) is 2.26. The molecule has 1 rings (SSSR count). The molecule has 1 N–H and O–H groups in total. The second-order valence-electron chi connectivity index (χ2n) is 4.26. The van der Waals surface area contributed by atoms with E-state index < -0.39 is 6.23 Å². The van der Waals surface area contributed by atoms with Crippen LogP contribution in [0.1, 0.15) is 29.8 Å².